The number of methoxy groups -OCH3 is 1. The molecule has 0 amide bonds. The zero-order valence-electron chi connectivity index (χ0n) is 11.3. The van der Waals surface area contributed by atoms with Crippen LogP contribution >= 0.6 is 0 Å². The highest BCUT2D eigenvalue weighted by Gasteiger charge is 2.24. The van der Waals surface area contributed by atoms with E-state index in [2.05, 4.69) is 11.0 Å². The maximum atomic E-state index is 11.6. The summed E-state index contributed by atoms with van der Waals surface area (Å²) >= 11 is 0. The number of benzene rings is 1. The summed E-state index contributed by atoms with van der Waals surface area (Å²) in [5.74, 6) is -0.194. The van der Waals surface area contributed by atoms with E-state index in [1.165, 1.54) is 18.9 Å². The van der Waals surface area contributed by atoms with Crippen molar-refractivity contribution in [2.24, 2.45) is 0 Å². The molecule has 1 aromatic heterocycles. The molecule has 20 heavy (non-hydrogen) atoms. The third-order valence-electron chi connectivity index (χ3n) is 3.60. The number of nitrogens with two attached hydrogens (primary N) is 1. The Morgan fingerprint density at radius 1 is 1.45 bits per heavy atom. The number of carbonyl (C=O) groups excluding carboxylic acids is 1. The van der Waals surface area contributed by atoms with E-state index in [-0.39, 0.29) is 5.76 Å². The number of furan rings is 1. The Bertz CT molecular complexity index is 648. The first-order valence-corrected chi connectivity index (χ1v) is 6.47. The zero-order valence-corrected chi connectivity index (χ0v) is 11.3. The van der Waals surface area contributed by atoms with Crippen molar-refractivity contribution in [2.75, 3.05) is 24.3 Å². The van der Waals surface area contributed by atoms with Gasteiger partial charge in [0.2, 0.25) is 5.76 Å². The van der Waals surface area contributed by atoms with Crippen molar-refractivity contribution in [1.29, 1.82) is 0 Å². The summed E-state index contributed by atoms with van der Waals surface area (Å²) in [5, 5.41) is 0. The van der Waals surface area contributed by atoms with E-state index in [4.69, 9.17) is 14.9 Å². The Hall–Kier alpha value is -2.43. The molecule has 3 rings (SSSR count). The van der Waals surface area contributed by atoms with E-state index in [9.17, 15) is 4.79 Å². The lowest BCUT2D eigenvalue weighted by molar-refractivity contribution is 0.0563. The van der Waals surface area contributed by atoms with Crippen molar-refractivity contribution in [3.63, 3.8) is 0 Å². The van der Waals surface area contributed by atoms with Crippen molar-refractivity contribution in [3.8, 4) is 0 Å². The highest BCUT2D eigenvalue weighted by atomic mass is 16.5. The van der Waals surface area contributed by atoms with E-state index >= 15 is 0 Å². The van der Waals surface area contributed by atoms with Crippen LogP contribution in [0, 0.1) is 0 Å². The normalized spacial score (nSPS) is 13.3. The predicted molar refractivity (Wildman–Crippen MR) is 75.7 cm³/mol. The molecule has 0 saturated heterocycles. The van der Waals surface area contributed by atoms with Crippen LogP contribution in [-0.4, -0.2) is 19.6 Å². The summed E-state index contributed by atoms with van der Waals surface area (Å²) in [5.41, 5.74) is 9.94. The molecule has 1 aliphatic rings. The molecule has 104 valence electrons. The minimum Gasteiger partial charge on any atom is -0.463 e. The summed E-state index contributed by atoms with van der Waals surface area (Å²) < 4.78 is 9.93. The van der Waals surface area contributed by atoms with Gasteiger partial charge in [0.05, 0.1) is 24.7 Å². The van der Waals surface area contributed by atoms with Gasteiger partial charge in [0.25, 0.3) is 0 Å². The second-order valence-corrected chi connectivity index (χ2v) is 4.79. The molecule has 5 heteroatoms. The van der Waals surface area contributed by atoms with E-state index < -0.39 is 5.97 Å². The molecule has 2 heterocycles. The molecule has 2 N–H and O–H groups in total. The second-order valence-electron chi connectivity index (χ2n) is 4.79. The topological polar surface area (TPSA) is 68.7 Å². The number of nitrogen functional groups attached to an aromatic ring is 1. The standard InChI is InChI=1S/C15H16N2O3/c1-19-15(18)14-11(6-8-20-14)9-17-7-5-10-3-2-4-12(16)13(10)17/h2-4,6,8H,5,7,9,16H2,1H3. The Kier molecular flexibility index (Phi) is 3.10. The first-order chi connectivity index (χ1) is 9.70. The first-order valence-electron chi connectivity index (χ1n) is 6.47. The molecule has 0 fully saturated rings. The number of para-hydroxylation sites is 1. The molecule has 0 aliphatic carbocycles. The molecule has 5 nitrogen and oxygen atoms in total. The number of carbonyl (C=O) groups is 1. The molecule has 0 unspecified atom stereocenters. The maximum Gasteiger partial charge on any atom is 0.374 e. The van der Waals surface area contributed by atoms with Crippen LogP contribution < -0.4 is 10.6 Å². The predicted octanol–water partition coefficient (Wildman–Crippen LogP) is 2.21. The summed E-state index contributed by atoms with van der Waals surface area (Å²) in [6.07, 6.45) is 2.47. The fourth-order valence-corrected chi connectivity index (χ4v) is 2.66. The number of ether oxygens (including phenoxy) is 1. The van der Waals surface area contributed by atoms with Crippen molar-refractivity contribution in [2.45, 2.75) is 13.0 Å². The van der Waals surface area contributed by atoms with Crippen molar-refractivity contribution >= 4 is 17.3 Å². The molecule has 0 bridgehead atoms. The van der Waals surface area contributed by atoms with Gasteiger partial charge in [-0.2, -0.15) is 0 Å². The highest BCUT2D eigenvalue weighted by Crippen LogP contribution is 2.35. The summed E-state index contributed by atoms with van der Waals surface area (Å²) in [6, 6.07) is 7.74. The fraction of sp³-hybridized carbons (Fsp3) is 0.267. The van der Waals surface area contributed by atoms with Gasteiger partial charge in [-0.3, -0.25) is 0 Å². The van der Waals surface area contributed by atoms with Crippen LogP contribution in [0.3, 0.4) is 0 Å². The zero-order chi connectivity index (χ0) is 14.1. The van der Waals surface area contributed by atoms with Crippen molar-refractivity contribution < 1.29 is 13.9 Å². The van der Waals surface area contributed by atoms with Gasteiger partial charge in [-0.25, -0.2) is 4.79 Å². The molecule has 2 aromatic rings. The Morgan fingerprint density at radius 3 is 3.10 bits per heavy atom. The molecule has 0 atom stereocenters. The van der Waals surface area contributed by atoms with E-state index in [0.29, 0.717) is 6.54 Å². The Morgan fingerprint density at radius 2 is 2.30 bits per heavy atom. The van der Waals surface area contributed by atoms with Gasteiger partial charge in [-0.15, -0.1) is 0 Å². The largest absolute Gasteiger partial charge is 0.463 e. The maximum absolute atomic E-state index is 11.6. The van der Waals surface area contributed by atoms with Gasteiger partial charge >= 0.3 is 5.97 Å². The SMILES string of the molecule is COC(=O)c1occc1CN1CCc2cccc(N)c21. The smallest absolute Gasteiger partial charge is 0.374 e. The average Bonchev–Trinajstić information content (AvgIpc) is 3.07. The minimum atomic E-state index is -0.453. The molecular formula is C15H16N2O3. The third-order valence-corrected chi connectivity index (χ3v) is 3.60. The number of fused-ring (bicyclic) bond motifs is 1. The molecular weight excluding hydrogens is 256 g/mol. The van der Waals surface area contributed by atoms with Crippen molar-refractivity contribution in [1.82, 2.24) is 0 Å². The van der Waals surface area contributed by atoms with Crippen LogP contribution in [0.1, 0.15) is 21.7 Å². The average molecular weight is 272 g/mol. The minimum absolute atomic E-state index is 0.260. The fourth-order valence-electron chi connectivity index (χ4n) is 2.66. The van der Waals surface area contributed by atoms with Crippen LogP contribution in [0.2, 0.25) is 0 Å². The van der Waals surface area contributed by atoms with Crippen LogP contribution in [0.25, 0.3) is 0 Å². The van der Waals surface area contributed by atoms with Gasteiger partial charge < -0.3 is 19.8 Å². The molecule has 0 saturated carbocycles. The van der Waals surface area contributed by atoms with Crippen molar-refractivity contribution in [3.05, 3.63) is 47.4 Å². The van der Waals surface area contributed by atoms with Gasteiger partial charge in [0, 0.05) is 18.7 Å². The lowest BCUT2D eigenvalue weighted by atomic mass is 10.1. The number of hydrogen-bond acceptors (Lipinski definition) is 5. The molecule has 0 spiro atoms. The summed E-state index contributed by atoms with van der Waals surface area (Å²) in [4.78, 5) is 13.8. The Balaban J connectivity index is 1.88. The van der Waals surface area contributed by atoms with Gasteiger partial charge in [0.15, 0.2) is 0 Å². The molecule has 1 aromatic carbocycles. The van der Waals surface area contributed by atoms with Crippen LogP contribution in [-0.2, 0) is 17.7 Å². The number of hydrogen-bond donors (Lipinski definition) is 1. The van der Waals surface area contributed by atoms with Crippen LogP contribution in [0.15, 0.2) is 34.9 Å². The van der Waals surface area contributed by atoms with Gasteiger partial charge in [-0.05, 0) is 24.1 Å². The lowest BCUT2D eigenvalue weighted by Crippen LogP contribution is -2.21. The van der Waals surface area contributed by atoms with Gasteiger partial charge in [-0.1, -0.05) is 12.1 Å². The van der Waals surface area contributed by atoms with Gasteiger partial charge in [0.1, 0.15) is 0 Å². The number of esters is 1. The number of rotatable bonds is 3. The molecule has 1 aliphatic heterocycles. The summed E-state index contributed by atoms with van der Waals surface area (Å²) in [6.45, 7) is 1.47. The third kappa shape index (κ3) is 2.01. The number of anilines is 2. The monoisotopic (exact) mass is 272 g/mol. The van der Waals surface area contributed by atoms with E-state index in [1.54, 1.807) is 6.07 Å². The van der Waals surface area contributed by atoms with E-state index in [1.807, 2.05) is 12.1 Å². The van der Waals surface area contributed by atoms with Crippen LogP contribution in [0.5, 0.6) is 0 Å². The molecule has 0 radical (unpaired) electrons. The Labute approximate surface area is 116 Å². The second kappa shape index (κ2) is 4.92. The first kappa shape index (κ1) is 12.6. The van der Waals surface area contributed by atoms with Crippen LogP contribution in [0.4, 0.5) is 11.4 Å². The highest BCUT2D eigenvalue weighted by molar-refractivity contribution is 5.88. The van der Waals surface area contributed by atoms with E-state index in [0.717, 1.165) is 29.9 Å². The lowest BCUT2D eigenvalue weighted by Gasteiger charge is -2.20. The quantitative estimate of drug-likeness (QED) is 0.685. The summed E-state index contributed by atoms with van der Waals surface area (Å²) in [7, 11) is 1.35. The number of nitrogens with zero attached hydrogens (tertiary/aromatic N) is 1.